The Balaban J connectivity index is 2.39. The van der Waals surface area contributed by atoms with Crippen molar-refractivity contribution in [1.29, 1.82) is 0 Å². The summed E-state index contributed by atoms with van der Waals surface area (Å²) in [5, 5.41) is 14.9. The summed E-state index contributed by atoms with van der Waals surface area (Å²) >= 11 is 5.49. The lowest BCUT2D eigenvalue weighted by Crippen LogP contribution is -2.34. The maximum absolute atomic E-state index is 11.9. The van der Waals surface area contributed by atoms with E-state index in [0.717, 1.165) is 8.04 Å². The first-order chi connectivity index (χ1) is 8.50. The number of amides is 1. The van der Waals surface area contributed by atoms with Crippen molar-refractivity contribution >= 4 is 44.4 Å². The van der Waals surface area contributed by atoms with E-state index in [9.17, 15) is 4.79 Å². The molecule has 0 aliphatic rings. The topological polar surface area (TPSA) is 61.4 Å². The number of hydrogen-bond acceptors (Lipinski definition) is 3. The Hall–Kier alpha value is -0.180. The van der Waals surface area contributed by atoms with Crippen LogP contribution in [0, 0.1) is 3.57 Å². The summed E-state index contributed by atoms with van der Waals surface area (Å²) < 4.78 is 1.81. The van der Waals surface area contributed by atoms with Crippen molar-refractivity contribution in [2.75, 3.05) is 19.6 Å². The van der Waals surface area contributed by atoms with Crippen LogP contribution < -0.4 is 10.6 Å². The van der Waals surface area contributed by atoms with E-state index in [-0.39, 0.29) is 12.0 Å². The molecule has 0 aliphatic carbocycles. The molecule has 0 heterocycles. The van der Waals surface area contributed by atoms with Crippen LogP contribution in [0.5, 0.6) is 0 Å². The second kappa shape index (κ2) is 8.08. The molecule has 0 bridgehead atoms. The molecule has 1 aromatic rings. The fourth-order valence-corrected chi connectivity index (χ4v) is 2.28. The quantitative estimate of drug-likeness (QED) is 0.479. The predicted molar refractivity (Wildman–Crippen MR) is 83.7 cm³/mol. The van der Waals surface area contributed by atoms with Gasteiger partial charge in [-0.1, -0.05) is 15.9 Å². The molecule has 1 unspecified atom stereocenters. The number of aliphatic hydroxyl groups excluding tert-OH is 1. The normalized spacial score (nSPS) is 12.2. The third-order valence-corrected chi connectivity index (χ3v) is 3.63. The van der Waals surface area contributed by atoms with Gasteiger partial charge in [0.1, 0.15) is 0 Å². The summed E-state index contributed by atoms with van der Waals surface area (Å²) in [6.45, 7) is 3.43. The molecule has 100 valence electrons. The van der Waals surface area contributed by atoms with Gasteiger partial charge in [0.15, 0.2) is 0 Å². The van der Waals surface area contributed by atoms with E-state index in [1.165, 1.54) is 0 Å². The van der Waals surface area contributed by atoms with Gasteiger partial charge in [0.25, 0.3) is 5.91 Å². The molecule has 1 amide bonds. The van der Waals surface area contributed by atoms with Crippen LogP contribution in [0.15, 0.2) is 22.7 Å². The smallest absolute Gasteiger partial charge is 0.252 e. The summed E-state index contributed by atoms with van der Waals surface area (Å²) in [5.41, 5.74) is 0.667. The largest absolute Gasteiger partial charge is 0.392 e. The molecular formula is C12H16BrIN2O2. The monoisotopic (exact) mass is 426 g/mol. The van der Waals surface area contributed by atoms with Gasteiger partial charge in [-0.25, -0.2) is 0 Å². The van der Waals surface area contributed by atoms with Gasteiger partial charge in [0.05, 0.1) is 11.7 Å². The van der Waals surface area contributed by atoms with Gasteiger partial charge in [-0.05, 0) is 47.7 Å². The third kappa shape index (κ3) is 5.64. The summed E-state index contributed by atoms with van der Waals surface area (Å²) in [4.78, 5) is 11.9. The highest BCUT2D eigenvalue weighted by Crippen LogP contribution is 2.18. The Morgan fingerprint density at radius 1 is 1.50 bits per heavy atom. The zero-order valence-electron chi connectivity index (χ0n) is 10.0. The number of halogens is 2. The first-order valence-electron chi connectivity index (χ1n) is 5.62. The summed E-state index contributed by atoms with van der Waals surface area (Å²) in [5.74, 6) is -0.0838. The molecule has 18 heavy (non-hydrogen) atoms. The van der Waals surface area contributed by atoms with Crippen molar-refractivity contribution in [2.45, 2.75) is 13.0 Å². The van der Waals surface area contributed by atoms with Crippen LogP contribution in [0.4, 0.5) is 0 Å². The lowest BCUT2D eigenvalue weighted by Gasteiger charge is -2.09. The van der Waals surface area contributed by atoms with Crippen molar-refractivity contribution in [3.8, 4) is 0 Å². The fraction of sp³-hybridized carbons (Fsp3) is 0.417. The van der Waals surface area contributed by atoms with E-state index in [4.69, 9.17) is 5.11 Å². The van der Waals surface area contributed by atoms with Crippen molar-refractivity contribution in [2.24, 2.45) is 0 Å². The Morgan fingerprint density at radius 3 is 2.89 bits per heavy atom. The Bertz CT molecular complexity index is 413. The molecule has 0 saturated heterocycles. The van der Waals surface area contributed by atoms with Gasteiger partial charge in [-0.3, -0.25) is 4.79 Å². The molecule has 4 nitrogen and oxygen atoms in total. The molecular weight excluding hydrogens is 411 g/mol. The number of rotatable bonds is 6. The molecule has 6 heteroatoms. The molecule has 0 aliphatic heterocycles. The first-order valence-corrected chi connectivity index (χ1v) is 7.50. The summed E-state index contributed by atoms with van der Waals surface area (Å²) in [7, 11) is 0. The second-order valence-corrected chi connectivity index (χ2v) is 6.01. The van der Waals surface area contributed by atoms with Crippen LogP contribution in [-0.4, -0.2) is 36.8 Å². The van der Waals surface area contributed by atoms with Crippen molar-refractivity contribution in [3.63, 3.8) is 0 Å². The van der Waals surface area contributed by atoms with Crippen molar-refractivity contribution in [3.05, 3.63) is 31.8 Å². The van der Waals surface area contributed by atoms with Crippen LogP contribution in [0.2, 0.25) is 0 Å². The predicted octanol–water partition coefficient (Wildman–Crippen LogP) is 1.75. The lowest BCUT2D eigenvalue weighted by molar-refractivity contribution is 0.0952. The van der Waals surface area contributed by atoms with E-state index in [1.807, 2.05) is 12.1 Å². The Labute approximate surface area is 129 Å². The number of benzene rings is 1. The van der Waals surface area contributed by atoms with E-state index in [2.05, 4.69) is 49.2 Å². The molecule has 0 radical (unpaired) electrons. The number of carbonyl (C=O) groups excluding carboxylic acids is 1. The van der Waals surface area contributed by atoms with Gasteiger partial charge in [0, 0.05) is 27.7 Å². The highest BCUT2D eigenvalue weighted by molar-refractivity contribution is 14.1. The minimum Gasteiger partial charge on any atom is -0.392 e. The third-order valence-electron chi connectivity index (χ3n) is 2.20. The van der Waals surface area contributed by atoms with Gasteiger partial charge in [-0.2, -0.15) is 0 Å². The minimum absolute atomic E-state index is 0.0838. The van der Waals surface area contributed by atoms with Crippen LogP contribution in [0.25, 0.3) is 0 Å². The zero-order chi connectivity index (χ0) is 13.5. The lowest BCUT2D eigenvalue weighted by atomic mass is 10.2. The van der Waals surface area contributed by atoms with E-state index in [1.54, 1.807) is 13.0 Å². The first kappa shape index (κ1) is 15.9. The number of hydrogen-bond donors (Lipinski definition) is 3. The van der Waals surface area contributed by atoms with E-state index >= 15 is 0 Å². The molecule has 0 aromatic heterocycles. The molecule has 1 rings (SSSR count). The molecule has 1 atom stereocenters. The number of carbonyl (C=O) groups is 1. The van der Waals surface area contributed by atoms with E-state index in [0.29, 0.717) is 25.2 Å². The van der Waals surface area contributed by atoms with Gasteiger partial charge >= 0.3 is 0 Å². The summed E-state index contributed by atoms with van der Waals surface area (Å²) in [6, 6.07) is 5.61. The standard InChI is InChI=1S/C12H16BrIN2O2/c1-8(17)7-15-4-5-16-12(18)10-6-9(13)2-3-11(10)14/h2-3,6,8,15,17H,4-5,7H2,1H3,(H,16,18). The van der Waals surface area contributed by atoms with Crippen LogP contribution in [-0.2, 0) is 0 Å². The van der Waals surface area contributed by atoms with E-state index < -0.39 is 0 Å². The molecule has 0 spiro atoms. The summed E-state index contributed by atoms with van der Waals surface area (Å²) in [6.07, 6.45) is -0.369. The second-order valence-electron chi connectivity index (χ2n) is 3.93. The highest BCUT2D eigenvalue weighted by atomic mass is 127. The average Bonchev–Trinajstić information content (AvgIpc) is 2.31. The molecule has 3 N–H and O–H groups in total. The van der Waals surface area contributed by atoms with Crippen molar-refractivity contribution in [1.82, 2.24) is 10.6 Å². The molecule has 1 aromatic carbocycles. The van der Waals surface area contributed by atoms with Gasteiger partial charge < -0.3 is 15.7 Å². The number of aliphatic hydroxyl groups is 1. The highest BCUT2D eigenvalue weighted by Gasteiger charge is 2.09. The van der Waals surface area contributed by atoms with Gasteiger partial charge in [-0.15, -0.1) is 0 Å². The van der Waals surface area contributed by atoms with Crippen LogP contribution in [0.1, 0.15) is 17.3 Å². The maximum Gasteiger partial charge on any atom is 0.252 e. The zero-order valence-corrected chi connectivity index (χ0v) is 13.8. The van der Waals surface area contributed by atoms with Gasteiger partial charge in [0.2, 0.25) is 0 Å². The van der Waals surface area contributed by atoms with Crippen LogP contribution >= 0.6 is 38.5 Å². The average molecular weight is 427 g/mol. The Morgan fingerprint density at radius 2 is 2.22 bits per heavy atom. The fourth-order valence-electron chi connectivity index (χ4n) is 1.34. The maximum atomic E-state index is 11.9. The molecule has 0 fully saturated rings. The van der Waals surface area contributed by atoms with Crippen molar-refractivity contribution < 1.29 is 9.90 Å². The molecule has 0 saturated carbocycles. The van der Waals surface area contributed by atoms with Crippen LogP contribution in [0.3, 0.4) is 0 Å². The minimum atomic E-state index is -0.369. The Kier molecular flexibility index (Phi) is 7.13. The SMILES string of the molecule is CC(O)CNCCNC(=O)c1cc(Br)ccc1I. The number of nitrogens with one attached hydrogen (secondary N) is 2.